The van der Waals surface area contributed by atoms with Crippen LogP contribution in [-0.4, -0.2) is 10.1 Å². The molecule has 0 aliphatic heterocycles. The Labute approximate surface area is 108 Å². The first-order valence-electron chi connectivity index (χ1n) is 5.40. The van der Waals surface area contributed by atoms with Gasteiger partial charge < -0.3 is 4.52 Å². The second-order valence-corrected chi connectivity index (χ2v) is 3.81. The van der Waals surface area contributed by atoms with Crippen LogP contribution in [0.4, 0.5) is 5.69 Å². The molecule has 0 N–H and O–H groups in total. The van der Waals surface area contributed by atoms with E-state index in [9.17, 15) is 10.1 Å². The molecule has 0 saturated heterocycles. The lowest BCUT2D eigenvalue weighted by molar-refractivity contribution is -0.386. The monoisotopic (exact) mass is 255 g/mol. The van der Waals surface area contributed by atoms with Gasteiger partial charge in [0.05, 0.1) is 16.6 Å². The van der Waals surface area contributed by atoms with Crippen molar-refractivity contribution >= 4 is 17.8 Å². The van der Waals surface area contributed by atoms with Crippen molar-refractivity contribution in [1.82, 2.24) is 5.16 Å². The van der Waals surface area contributed by atoms with Gasteiger partial charge in [-0.25, -0.2) is 0 Å². The van der Waals surface area contributed by atoms with E-state index in [1.165, 1.54) is 13.0 Å². The minimum absolute atomic E-state index is 0.104. The third-order valence-electron chi connectivity index (χ3n) is 2.51. The third kappa shape index (κ3) is 2.66. The fourth-order valence-corrected chi connectivity index (χ4v) is 1.55. The highest BCUT2D eigenvalue weighted by Gasteiger charge is 2.21. The molecule has 0 radical (unpaired) electrons. The van der Waals surface area contributed by atoms with Gasteiger partial charge in [0.2, 0.25) is 5.76 Å². The summed E-state index contributed by atoms with van der Waals surface area (Å²) in [5, 5.41) is 23.1. The van der Waals surface area contributed by atoms with Crippen molar-refractivity contribution in [3.8, 4) is 6.07 Å². The van der Waals surface area contributed by atoms with Gasteiger partial charge in [-0.3, -0.25) is 10.1 Å². The van der Waals surface area contributed by atoms with Crippen molar-refractivity contribution in [3.63, 3.8) is 0 Å². The van der Waals surface area contributed by atoms with E-state index in [1.807, 2.05) is 6.07 Å². The minimum Gasteiger partial charge on any atom is -0.349 e. The highest BCUT2D eigenvalue weighted by Crippen LogP contribution is 2.24. The third-order valence-corrected chi connectivity index (χ3v) is 2.51. The molecule has 0 amide bonds. The number of nitro groups is 1. The molecule has 0 fully saturated rings. The van der Waals surface area contributed by atoms with Gasteiger partial charge in [-0.15, -0.1) is 0 Å². The molecule has 1 aromatic heterocycles. The summed E-state index contributed by atoms with van der Waals surface area (Å²) in [5.74, 6) is 0.104. The van der Waals surface area contributed by atoms with E-state index >= 15 is 0 Å². The first kappa shape index (κ1) is 12.5. The highest BCUT2D eigenvalue weighted by atomic mass is 16.6. The molecule has 6 nitrogen and oxygen atoms in total. The molecular weight excluding hydrogens is 246 g/mol. The zero-order chi connectivity index (χ0) is 13.8. The SMILES string of the molecule is Cc1noc(C=Cc2ccc(C#N)cc2)c1[N+](=O)[O-]. The zero-order valence-corrected chi connectivity index (χ0v) is 10.0. The molecule has 1 aromatic carbocycles. The Balaban J connectivity index is 2.28. The van der Waals surface area contributed by atoms with Crippen LogP contribution in [0.3, 0.4) is 0 Å². The molecule has 0 atom stereocenters. The molecule has 19 heavy (non-hydrogen) atoms. The summed E-state index contributed by atoms with van der Waals surface area (Å²) >= 11 is 0. The van der Waals surface area contributed by atoms with Crippen LogP contribution in [0.15, 0.2) is 28.8 Å². The number of rotatable bonds is 3. The predicted octanol–water partition coefficient (Wildman–Crippen LogP) is 2.93. The van der Waals surface area contributed by atoms with Gasteiger partial charge in [0.15, 0.2) is 5.69 Å². The van der Waals surface area contributed by atoms with Crippen LogP contribution < -0.4 is 0 Å². The highest BCUT2D eigenvalue weighted by molar-refractivity contribution is 5.71. The van der Waals surface area contributed by atoms with Gasteiger partial charge in [0.1, 0.15) is 0 Å². The van der Waals surface area contributed by atoms with Gasteiger partial charge in [-0.1, -0.05) is 23.4 Å². The molecule has 0 bridgehead atoms. The lowest BCUT2D eigenvalue weighted by Gasteiger charge is -1.92. The normalized spacial score (nSPS) is 10.5. The topological polar surface area (TPSA) is 93.0 Å². The predicted molar refractivity (Wildman–Crippen MR) is 68.0 cm³/mol. The van der Waals surface area contributed by atoms with Crippen molar-refractivity contribution in [2.45, 2.75) is 6.92 Å². The van der Waals surface area contributed by atoms with Crippen molar-refractivity contribution in [2.24, 2.45) is 0 Å². The molecule has 0 unspecified atom stereocenters. The van der Waals surface area contributed by atoms with Gasteiger partial charge in [-0.2, -0.15) is 5.26 Å². The number of hydrogen-bond acceptors (Lipinski definition) is 5. The number of nitrogens with zero attached hydrogens (tertiary/aromatic N) is 3. The van der Waals surface area contributed by atoms with E-state index in [-0.39, 0.29) is 17.1 Å². The summed E-state index contributed by atoms with van der Waals surface area (Å²) in [5.41, 5.74) is 1.47. The molecule has 0 saturated carbocycles. The van der Waals surface area contributed by atoms with Crippen molar-refractivity contribution < 1.29 is 9.45 Å². The molecule has 94 valence electrons. The summed E-state index contributed by atoms with van der Waals surface area (Å²) in [6.07, 6.45) is 3.15. The number of benzene rings is 1. The van der Waals surface area contributed by atoms with E-state index in [0.717, 1.165) is 5.56 Å². The van der Waals surface area contributed by atoms with Crippen molar-refractivity contribution in [2.75, 3.05) is 0 Å². The molecule has 6 heteroatoms. The summed E-state index contributed by atoms with van der Waals surface area (Å²) in [4.78, 5) is 10.3. The van der Waals surface area contributed by atoms with E-state index in [0.29, 0.717) is 5.56 Å². The van der Waals surface area contributed by atoms with Gasteiger partial charge in [-0.05, 0) is 30.7 Å². The first-order chi connectivity index (χ1) is 9.11. The van der Waals surface area contributed by atoms with Crippen LogP contribution in [0.25, 0.3) is 12.2 Å². The smallest absolute Gasteiger partial charge is 0.338 e. The van der Waals surface area contributed by atoms with Crippen LogP contribution in [-0.2, 0) is 0 Å². The van der Waals surface area contributed by atoms with Crippen LogP contribution in [0.1, 0.15) is 22.6 Å². The number of hydrogen-bond donors (Lipinski definition) is 0. The average Bonchev–Trinajstić information content (AvgIpc) is 2.78. The first-order valence-corrected chi connectivity index (χ1v) is 5.40. The van der Waals surface area contributed by atoms with Crippen LogP contribution in [0.2, 0.25) is 0 Å². The lowest BCUT2D eigenvalue weighted by Crippen LogP contribution is -1.90. The molecule has 0 aliphatic carbocycles. The Morgan fingerprint density at radius 3 is 2.63 bits per heavy atom. The summed E-state index contributed by atoms with van der Waals surface area (Å²) in [7, 11) is 0. The molecule has 1 heterocycles. The summed E-state index contributed by atoms with van der Waals surface area (Å²) < 4.78 is 4.89. The second-order valence-electron chi connectivity index (χ2n) is 3.81. The maximum Gasteiger partial charge on any atom is 0.338 e. The standard InChI is InChI=1S/C13H9N3O3/c1-9-13(16(17)18)12(19-15-9)7-6-10-2-4-11(8-14)5-3-10/h2-7H,1H3. The van der Waals surface area contributed by atoms with Crippen LogP contribution in [0, 0.1) is 28.4 Å². The van der Waals surface area contributed by atoms with E-state index in [1.54, 1.807) is 30.3 Å². The largest absolute Gasteiger partial charge is 0.349 e. The minimum atomic E-state index is -0.524. The zero-order valence-electron chi connectivity index (χ0n) is 10.0. The Morgan fingerprint density at radius 2 is 2.05 bits per heavy atom. The number of aryl methyl sites for hydroxylation is 1. The van der Waals surface area contributed by atoms with E-state index in [4.69, 9.17) is 9.78 Å². The van der Waals surface area contributed by atoms with Gasteiger partial charge in [0, 0.05) is 0 Å². The van der Waals surface area contributed by atoms with Crippen LogP contribution >= 0.6 is 0 Å². The van der Waals surface area contributed by atoms with Gasteiger partial charge in [0.25, 0.3) is 0 Å². The second kappa shape index (κ2) is 5.14. The van der Waals surface area contributed by atoms with Crippen molar-refractivity contribution in [3.05, 3.63) is 57.0 Å². The Hall–Kier alpha value is -2.94. The maximum absolute atomic E-state index is 10.8. The Bertz CT molecular complexity index is 678. The molecule has 0 aliphatic rings. The fourth-order valence-electron chi connectivity index (χ4n) is 1.55. The Morgan fingerprint density at radius 1 is 1.37 bits per heavy atom. The number of aromatic nitrogens is 1. The lowest BCUT2D eigenvalue weighted by atomic mass is 10.1. The van der Waals surface area contributed by atoms with Gasteiger partial charge >= 0.3 is 5.69 Å². The number of nitriles is 1. The molecule has 0 spiro atoms. The summed E-state index contributed by atoms with van der Waals surface area (Å²) in [6, 6.07) is 8.83. The molecule has 2 rings (SSSR count). The van der Waals surface area contributed by atoms with Crippen molar-refractivity contribution in [1.29, 1.82) is 5.26 Å². The Kier molecular flexibility index (Phi) is 3.39. The average molecular weight is 255 g/mol. The maximum atomic E-state index is 10.8. The summed E-state index contributed by atoms with van der Waals surface area (Å²) in [6.45, 7) is 1.51. The molecular formula is C13H9N3O3. The quantitative estimate of drug-likeness (QED) is 0.620. The van der Waals surface area contributed by atoms with Crippen LogP contribution in [0.5, 0.6) is 0 Å². The van der Waals surface area contributed by atoms with E-state index < -0.39 is 4.92 Å². The fraction of sp³-hybridized carbons (Fsp3) is 0.0769. The molecule has 2 aromatic rings. The van der Waals surface area contributed by atoms with E-state index in [2.05, 4.69) is 5.16 Å².